The highest BCUT2D eigenvalue weighted by atomic mass is 35.5. The predicted octanol–water partition coefficient (Wildman–Crippen LogP) is 5.32. The third-order valence-electron chi connectivity index (χ3n) is 4.08. The molecule has 4 aromatic rings. The molecular formula is C20H11ClN2O2S2. The van der Waals surface area contributed by atoms with Crippen LogP contribution in [0.15, 0.2) is 76.0 Å². The zero-order valence-electron chi connectivity index (χ0n) is 13.8. The van der Waals surface area contributed by atoms with Gasteiger partial charge in [0, 0.05) is 22.2 Å². The second kappa shape index (κ2) is 6.78. The Kier molecular flexibility index (Phi) is 4.44. The van der Waals surface area contributed by atoms with Crippen molar-refractivity contribution in [2.75, 3.05) is 0 Å². The summed E-state index contributed by atoms with van der Waals surface area (Å²) in [4.78, 5) is 5.05. The van der Waals surface area contributed by atoms with E-state index in [1.807, 2.05) is 12.1 Å². The molecule has 0 unspecified atom stereocenters. The number of nitriles is 1. The molecule has 7 heteroatoms. The first-order valence-corrected chi connectivity index (χ1v) is 10.6. The molecule has 2 heterocycles. The van der Waals surface area contributed by atoms with Crippen molar-refractivity contribution in [2.24, 2.45) is 0 Å². The van der Waals surface area contributed by atoms with Crippen molar-refractivity contribution in [3.63, 3.8) is 0 Å². The van der Waals surface area contributed by atoms with Crippen LogP contribution in [0.25, 0.3) is 21.3 Å². The van der Waals surface area contributed by atoms with Gasteiger partial charge in [0.1, 0.15) is 9.04 Å². The number of halogens is 1. The molecule has 0 aliphatic rings. The molecule has 0 aliphatic heterocycles. The van der Waals surface area contributed by atoms with E-state index < -0.39 is 9.84 Å². The summed E-state index contributed by atoms with van der Waals surface area (Å²) in [6.07, 6.45) is 1.64. The molecule has 0 saturated heterocycles. The molecular weight excluding hydrogens is 400 g/mol. The largest absolute Gasteiger partial charge is 0.245 e. The Labute approximate surface area is 165 Å². The zero-order valence-corrected chi connectivity index (χ0v) is 16.1. The van der Waals surface area contributed by atoms with Crippen LogP contribution >= 0.6 is 22.9 Å². The minimum absolute atomic E-state index is 0.0864. The Hall–Kier alpha value is -2.72. The van der Waals surface area contributed by atoms with Gasteiger partial charge < -0.3 is 0 Å². The lowest BCUT2D eigenvalue weighted by Gasteiger charge is -2.07. The van der Waals surface area contributed by atoms with Crippen LogP contribution < -0.4 is 0 Å². The van der Waals surface area contributed by atoms with E-state index in [-0.39, 0.29) is 9.10 Å². The molecule has 0 atom stereocenters. The number of sulfone groups is 1. The van der Waals surface area contributed by atoms with E-state index in [1.165, 1.54) is 12.1 Å². The fourth-order valence-corrected chi connectivity index (χ4v) is 6.07. The second-order valence-corrected chi connectivity index (χ2v) is 9.35. The molecule has 0 bridgehead atoms. The first-order chi connectivity index (χ1) is 13.0. The number of hydrogen-bond donors (Lipinski definition) is 0. The van der Waals surface area contributed by atoms with Gasteiger partial charge in [0.15, 0.2) is 0 Å². The van der Waals surface area contributed by atoms with E-state index in [0.717, 1.165) is 22.3 Å². The number of rotatable bonds is 3. The maximum Gasteiger partial charge on any atom is 0.216 e. The molecule has 0 spiro atoms. The van der Waals surface area contributed by atoms with Gasteiger partial charge in [0.2, 0.25) is 9.84 Å². The van der Waals surface area contributed by atoms with E-state index in [9.17, 15) is 8.42 Å². The summed E-state index contributed by atoms with van der Waals surface area (Å²) in [6.45, 7) is 0. The molecule has 27 heavy (non-hydrogen) atoms. The standard InChI is InChI=1S/C20H11ClN2O2S2/c21-15-8-6-14(7-9-15)18-17-5-2-10-23-19(17)26-20(18)27(24,25)16-4-1-3-13(11-16)12-22/h1-11H. The van der Waals surface area contributed by atoms with Crippen LogP contribution in [-0.2, 0) is 9.84 Å². The maximum absolute atomic E-state index is 13.4. The average Bonchev–Trinajstić information content (AvgIpc) is 3.09. The smallest absolute Gasteiger partial charge is 0.216 e. The van der Waals surface area contributed by atoms with Gasteiger partial charge in [-0.2, -0.15) is 5.26 Å². The highest BCUT2D eigenvalue weighted by Gasteiger charge is 2.27. The quantitative estimate of drug-likeness (QED) is 0.458. The van der Waals surface area contributed by atoms with E-state index in [2.05, 4.69) is 4.98 Å². The van der Waals surface area contributed by atoms with Crippen molar-refractivity contribution in [3.05, 3.63) is 77.4 Å². The molecule has 2 aromatic heterocycles. The monoisotopic (exact) mass is 410 g/mol. The Morgan fingerprint density at radius 1 is 1.04 bits per heavy atom. The normalized spacial score (nSPS) is 11.4. The SMILES string of the molecule is N#Cc1cccc(S(=O)(=O)c2sc3ncccc3c2-c2ccc(Cl)cc2)c1. The average molecular weight is 411 g/mol. The van der Waals surface area contributed by atoms with Crippen molar-refractivity contribution in [3.8, 4) is 17.2 Å². The van der Waals surface area contributed by atoms with Gasteiger partial charge in [-0.15, -0.1) is 11.3 Å². The number of thiophene rings is 1. The van der Waals surface area contributed by atoms with Crippen LogP contribution in [0.1, 0.15) is 5.56 Å². The minimum atomic E-state index is -3.83. The summed E-state index contributed by atoms with van der Waals surface area (Å²) < 4.78 is 27.0. The molecule has 4 nitrogen and oxygen atoms in total. The van der Waals surface area contributed by atoms with E-state index in [4.69, 9.17) is 16.9 Å². The van der Waals surface area contributed by atoms with Crippen molar-refractivity contribution < 1.29 is 8.42 Å². The van der Waals surface area contributed by atoms with Crippen molar-refractivity contribution in [2.45, 2.75) is 9.10 Å². The number of pyridine rings is 1. The van der Waals surface area contributed by atoms with Crippen LogP contribution in [-0.4, -0.2) is 13.4 Å². The Bertz CT molecular complexity index is 1300. The van der Waals surface area contributed by atoms with E-state index in [1.54, 1.807) is 48.7 Å². The van der Waals surface area contributed by atoms with Crippen molar-refractivity contribution >= 4 is 43.0 Å². The number of benzene rings is 2. The molecule has 2 aromatic carbocycles. The second-order valence-electron chi connectivity index (χ2n) is 5.77. The highest BCUT2D eigenvalue weighted by Crippen LogP contribution is 2.43. The van der Waals surface area contributed by atoms with Gasteiger partial charge in [-0.3, -0.25) is 0 Å². The first-order valence-electron chi connectivity index (χ1n) is 7.89. The van der Waals surface area contributed by atoms with E-state index >= 15 is 0 Å². The third-order valence-corrected chi connectivity index (χ3v) is 7.72. The maximum atomic E-state index is 13.4. The number of nitrogens with zero attached hydrogens (tertiary/aromatic N) is 2. The summed E-state index contributed by atoms with van der Waals surface area (Å²) in [7, 11) is -3.83. The topological polar surface area (TPSA) is 70.8 Å². The number of fused-ring (bicyclic) bond motifs is 1. The Morgan fingerprint density at radius 3 is 2.56 bits per heavy atom. The summed E-state index contributed by atoms with van der Waals surface area (Å²) in [5, 5.41) is 10.4. The molecule has 0 N–H and O–H groups in total. The fraction of sp³-hybridized carbons (Fsp3) is 0. The molecule has 0 fully saturated rings. The molecule has 0 amide bonds. The van der Waals surface area contributed by atoms with Gasteiger partial charge in [0.25, 0.3) is 0 Å². The Balaban J connectivity index is 2.03. The molecule has 0 radical (unpaired) electrons. The molecule has 4 rings (SSSR count). The predicted molar refractivity (Wildman–Crippen MR) is 107 cm³/mol. The van der Waals surface area contributed by atoms with Gasteiger partial charge >= 0.3 is 0 Å². The number of aromatic nitrogens is 1. The minimum Gasteiger partial charge on any atom is -0.245 e. The lowest BCUT2D eigenvalue weighted by Crippen LogP contribution is -2.01. The van der Waals surface area contributed by atoms with Crippen LogP contribution in [0.5, 0.6) is 0 Å². The molecule has 0 saturated carbocycles. The van der Waals surface area contributed by atoms with Crippen molar-refractivity contribution in [1.29, 1.82) is 5.26 Å². The van der Waals surface area contributed by atoms with Gasteiger partial charge in [-0.05, 0) is 48.0 Å². The summed E-state index contributed by atoms with van der Waals surface area (Å²) in [5.74, 6) is 0. The summed E-state index contributed by atoms with van der Waals surface area (Å²) in [5.41, 5.74) is 1.64. The van der Waals surface area contributed by atoms with Crippen LogP contribution in [0.4, 0.5) is 0 Å². The summed E-state index contributed by atoms with van der Waals surface area (Å²) >= 11 is 7.11. The van der Waals surface area contributed by atoms with Gasteiger partial charge in [-0.1, -0.05) is 29.8 Å². The lowest BCUT2D eigenvalue weighted by atomic mass is 10.1. The first kappa shape index (κ1) is 17.7. The van der Waals surface area contributed by atoms with Crippen LogP contribution in [0.2, 0.25) is 5.02 Å². The van der Waals surface area contributed by atoms with Gasteiger partial charge in [-0.25, -0.2) is 13.4 Å². The lowest BCUT2D eigenvalue weighted by molar-refractivity contribution is 0.598. The molecule has 0 aliphatic carbocycles. The fourth-order valence-electron chi connectivity index (χ4n) is 2.83. The summed E-state index contributed by atoms with van der Waals surface area (Å²) in [6, 6.07) is 18.7. The number of hydrogen-bond acceptors (Lipinski definition) is 5. The highest BCUT2D eigenvalue weighted by molar-refractivity contribution is 7.93. The van der Waals surface area contributed by atoms with Crippen molar-refractivity contribution in [1.82, 2.24) is 4.98 Å². The molecule has 132 valence electrons. The Morgan fingerprint density at radius 2 is 1.81 bits per heavy atom. The van der Waals surface area contributed by atoms with Gasteiger partial charge in [0.05, 0.1) is 16.5 Å². The third kappa shape index (κ3) is 3.10. The van der Waals surface area contributed by atoms with Crippen LogP contribution in [0.3, 0.4) is 0 Å². The zero-order chi connectivity index (χ0) is 19.0. The van der Waals surface area contributed by atoms with E-state index in [0.29, 0.717) is 21.0 Å². The van der Waals surface area contributed by atoms with Crippen LogP contribution in [0, 0.1) is 11.3 Å².